The van der Waals surface area contributed by atoms with Crippen LogP contribution < -0.4 is 0 Å². The van der Waals surface area contributed by atoms with Crippen molar-refractivity contribution in [2.45, 2.75) is 70.6 Å². The minimum Gasteiger partial charge on any atom is -0.338 e. The van der Waals surface area contributed by atoms with Crippen molar-refractivity contribution in [2.75, 3.05) is 0 Å². The number of nitrogens with zero attached hydrogens (tertiary/aromatic N) is 1. The van der Waals surface area contributed by atoms with Gasteiger partial charge in [0.15, 0.2) is 12.0 Å². The Hall–Kier alpha value is -1.39. The molecule has 1 saturated carbocycles. The van der Waals surface area contributed by atoms with Crippen LogP contribution in [0.1, 0.15) is 52.0 Å². The van der Waals surface area contributed by atoms with Gasteiger partial charge in [-0.15, -0.1) is 0 Å². The van der Waals surface area contributed by atoms with Crippen molar-refractivity contribution < 1.29 is 14.3 Å². The zero-order chi connectivity index (χ0) is 18.1. The molecule has 5 rings (SSSR count). The van der Waals surface area contributed by atoms with Crippen LogP contribution in [-0.4, -0.2) is 28.4 Å². The van der Waals surface area contributed by atoms with Crippen LogP contribution in [0.4, 0.5) is 0 Å². The fourth-order valence-corrected chi connectivity index (χ4v) is 6.36. The lowest BCUT2D eigenvalue weighted by molar-refractivity contribution is -0.254. The highest BCUT2D eigenvalue weighted by Crippen LogP contribution is 2.63. The molecule has 140 valence electrons. The molecule has 3 saturated heterocycles. The standard InChI is InChI=1S/C22H29NO3/c1-14-9-10-18-15(2)19(24)23(13-16-7-5-4-6-8-16)20-22(18)17(14)11-12-21(3,25-20)26-22/h4-8,14-15,17-18,20H,9-13H2,1-3H3/t14-,15-,17+,18?,20-,21-,22-/m1/s1. The van der Waals surface area contributed by atoms with Gasteiger partial charge in [0.2, 0.25) is 5.91 Å². The summed E-state index contributed by atoms with van der Waals surface area (Å²) in [7, 11) is 0. The Bertz CT molecular complexity index is 721. The van der Waals surface area contributed by atoms with Crippen LogP contribution in [0.25, 0.3) is 0 Å². The van der Waals surface area contributed by atoms with Gasteiger partial charge in [0.1, 0.15) is 5.60 Å². The van der Waals surface area contributed by atoms with Crippen molar-refractivity contribution in [3.8, 4) is 0 Å². The smallest absolute Gasteiger partial charge is 0.228 e. The molecule has 4 fully saturated rings. The third kappa shape index (κ3) is 2.12. The third-order valence-corrected chi connectivity index (χ3v) is 7.58. The molecule has 0 radical (unpaired) electrons. The molecule has 1 spiro atoms. The van der Waals surface area contributed by atoms with Crippen LogP contribution in [0.3, 0.4) is 0 Å². The molecule has 3 aliphatic heterocycles. The summed E-state index contributed by atoms with van der Waals surface area (Å²) in [5.74, 6) is 1.05. The van der Waals surface area contributed by atoms with E-state index in [1.54, 1.807) is 0 Å². The lowest BCUT2D eigenvalue weighted by atomic mass is 9.56. The van der Waals surface area contributed by atoms with E-state index < -0.39 is 5.79 Å². The largest absolute Gasteiger partial charge is 0.338 e. The molecule has 3 heterocycles. The summed E-state index contributed by atoms with van der Waals surface area (Å²) in [4.78, 5) is 15.3. The number of ether oxygens (including phenoxy) is 2. The molecule has 1 amide bonds. The second-order valence-corrected chi connectivity index (χ2v) is 9.11. The van der Waals surface area contributed by atoms with Gasteiger partial charge in [0.25, 0.3) is 0 Å². The molecule has 4 nitrogen and oxygen atoms in total. The Balaban J connectivity index is 1.59. The number of benzene rings is 1. The predicted molar refractivity (Wildman–Crippen MR) is 97.9 cm³/mol. The Morgan fingerprint density at radius 3 is 2.65 bits per heavy atom. The van der Waals surface area contributed by atoms with Crippen molar-refractivity contribution in [3.63, 3.8) is 0 Å². The van der Waals surface area contributed by atoms with Gasteiger partial charge in [-0.25, -0.2) is 0 Å². The van der Waals surface area contributed by atoms with E-state index in [1.807, 2.05) is 23.1 Å². The van der Waals surface area contributed by atoms with Crippen molar-refractivity contribution in [1.82, 2.24) is 4.90 Å². The highest BCUT2D eigenvalue weighted by Gasteiger charge is 2.72. The van der Waals surface area contributed by atoms with E-state index in [1.165, 1.54) is 6.42 Å². The van der Waals surface area contributed by atoms with Crippen LogP contribution in [0.2, 0.25) is 0 Å². The second-order valence-electron chi connectivity index (χ2n) is 9.11. The predicted octanol–water partition coefficient (Wildman–Crippen LogP) is 3.95. The minimum atomic E-state index is -0.546. The third-order valence-electron chi connectivity index (χ3n) is 7.58. The van der Waals surface area contributed by atoms with E-state index >= 15 is 0 Å². The zero-order valence-corrected chi connectivity index (χ0v) is 16.0. The number of hydrogen-bond donors (Lipinski definition) is 0. The summed E-state index contributed by atoms with van der Waals surface area (Å²) >= 11 is 0. The van der Waals surface area contributed by atoms with E-state index in [-0.39, 0.29) is 29.6 Å². The monoisotopic (exact) mass is 355 g/mol. The minimum absolute atomic E-state index is 0.00554. The molecule has 1 unspecified atom stereocenters. The first kappa shape index (κ1) is 16.8. The van der Waals surface area contributed by atoms with Crippen LogP contribution in [0.15, 0.2) is 30.3 Å². The van der Waals surface area contributed by atoms with Gasteiger partial charge in [-0.05, 0) is 43.6 Å². The lowest BCUT2D eigenvalue weighted by Crippen LogP contribution is -2.70. The number of likely N-dealkylation sites (tertiary alicyclic amines) is 1. The van der Waals surface area contributed by atoms with Gasteiger partial charge in [-0.3, -0.25) is 4.79 Å². The number of piperidine rings is 1. The van der Waals surface area contributed by atoms with Gasteiger partial charge >= 0.3 is 0 Å². The van der Waals surface area contributed by atoms with Crippen LogP contribution >= 0.6 is 0 Å². The fraction of sp³-hybridized carbons (Fsp3) is 0.682. The van der Waals surface area contributed by atoms with Gasteiger partial charge in [0.05, 0.1) is 0 Å². The molecular weight excluding hydrogens is 326 g/mol. The van der Waals surface area contributed by atoms with Crippen molar-refractivity contribution in [1.29, 1.82) is 0 Å². The van der Waals surface area contributed by atoms with Gasteiger partial charge < -0.3 is 14.4 Å². The molecule has 1 aromatic rings. The number of hydrogen-bond acceptors (Lipinski definition) is 3. The second kappa shape index (κ2) is 5.56. The quantitative estimate of drug-likeness (QED) is 0.806. The zero-order valence-electron chi connectivity index (χ0n) is 16.0. The number of carbonyl (C=O) groups is 1. The molecule has 1 aliphatic carbocycles. The summed E-state index contributed by atoms with van der Waals surface area (Å²) in [5, 5.41) is 0. The highest BCUT2D eigenvalue weighted by atomic mass is 16.8. The fourth-order valence-electron chi connectivity index (χ4n) is 6.36. The van der Waals surface area contributed by atoms with Gasteiger partial charge in [-0.1, -0.05) is 44.2 Å². The van der Waals surface area contributed by atoms with Gasteiger partial charge in [-0.2, -0.15) is 0 Å². The number of carbonyl (C=O) groups excluding carboxylic acids is 1. The van der Waals surface area contributed by atoms with E-state index in [9.17, 15) is 4.79 Å². The summed E-state index contributed by atoms with van der Waals surface area (Å²) in [5.41, 5.74) is 0.825. The summed E-state index contributed by atoms with van der Waals surface area (Å²) in [6.07, 6.45) is 4.08. The first-order valence-corrected chi connectivity index (χ1v) is 10.2. The first-order chi connectivity index (χ1) is 12.4. The van der Waals surface area contributed by atoms with Crippen LogP contribution in [0, 0.1) is 23.7 Å². The average Bonchev–Trinajstić information content (AvgIpc) is 2.86. The summed E-state index contributed by atoms with van der Waals surface area (Å²) < 4.78 is 13.3. The lowest BCUT2D eigenvalue weighted by Gasteiger charge is -2.59. The Labute approximate surface area is 155 Å². The van der Waals surface area contributed by atoms with E-state index in [2.05, 4.69) is 32.9 Å². The number of rotatable bonds is 2. The molecule has 0 aromatic heterocycles. The summed E-state index contributed by atoms with van der Waals surface area (Å²) in [6, 6.07) is 10.3. The van der Waals surface area contributed by atoms with E-state index in [4.69, 9.17) is 9.47 Å². The summed E-state index contributed by atoms with van der Waals surface area (Å²) in [6.45, 7) is 7.14. The topological polar surface area (TPSA) is 38.8 Å². The molecular formula is C22H29NO3. The maximum absolute atomic E-state index is 13.3. The number of fused-ring (bicyclic) bond motifs is 1. The van der Waals surface area contributed by atoms with E-state index in [0.717, 1.165) is 24.8 Å². The van der Waals surface area contributed by atoms with E-state index in [0.29, 0.717) is 18.4 Å². The highest BCUT2D eigenvalue weighted by molar-refractivity contribution is 5.80. The van der Waals surface area contributed by atoms with Gasteiger partial charge in [0, 0.05) is 24.8 Å². The van der Waals surface area contributed by atoms with Crippen LogP contribution in [-0.2, 0) is 20.8 Å². The maximum Gasteiger partial charge on any atom is 0.228 e. The average molecular weight is 355 g/mol. The SMILES string of the molecule is C[C@@H]1CCC2[C@@H](C)C(=O)N(Cc3ccccc3)[C@@H]3O[C@@]4(C)CC[C@@H]1[C@@]23O4. The molecule has 7 atom stereocenters. The van der Waals surface area contributed by atoms with Crippen molar-refractivity contribution in [3.05, 3.63) is 35.9 Å². The normalized spacial score (nSPS) is 47.0. The molecule has 26 heavy (non-hydrogen) atoms. The van der Waals surface area contributed by atoms with Crippen LogP contribution in [0.5, 0.6) is 0 Å². The Morgan fingerprint density at radius 2 is 1.88 bits per heavy atom. The molecule has 0 N–H and O–H groups in total. The Kier molecular flexibility index (Phi) is 3.58. The number of amides is 1. The van der Waals surface area contributed by atoms with Crippen molar-refractivity contribution >= 4 is 5.91 Å². The molecule has 4 heteroatoms. The maximum atomic E-state index is 13.3. The molecule has 1 aromatic carbocycles. The van der Waals surface area contributed by atoms with Crippen molar-refractivity contribution in [2.24, 2.45) is 23.7 Å². The Morgan fingerprint density at radius 1 is 1.12 bits per heavy atom. The molecule has 4 aliphatic rings. The molecule has 2 bridgehead atoms. The first-order valence-electron chi connectivity index (χ1n) is 10.2.